The van der Waals surface area contributed by atoms with Gasteiger partial charge in [-0.2, -0.15) is 4.99 Å². The summed E-state index contributed by atoms with van der Waals surface area (Å²) in [5, 5.41) is 0. The molecule has 0 bridgehead atoms. The molecule has 2 aromatic carbocycles. The number of nitrogens with zero attached hydrogens (tertiary/aromatic N) is 3. The van der Waals surface area contributed by atoms with Crippen LogP contribution in [-0.4, -0.2) is 47.2 Å². The first-order chi connectivity index (χ1) is 16.8. The number of nitrogens with two attached hydrogens (primary N) is 1. The van der Waals surface area contributed by atoms with E-state index in [2.05, 4.69) is 9.89 Å². The van der Waals surface area contributed by atoms with Crippen molar-refractivity contribution in [3.8, 4) is 0 Å². The zero-order valence-corrected chi connectivity index (χ0v) is 19.8. The summed E-state index contributed by atoms with van der Waals surface area (Å²) >= 11 is 0. The van der Waals surface area contributed by atoms with E-state index in [1.165, 1.54) is 23.1 Å². The molecule has 0 radical (unpaired) electrons. The normalized spacial score (nSPS) is 33.8. The van der Waals surface area contributed by atoms with E-state index in [0.717, 1.165) is 5.56 Å². The lowest BCUT2D eigenvalue weighted by Crippen LogP contribution is -2.70. The average molecular weight is 485 g/mol. The van der Waals surface area contributed by atoms with Crippen LogP contribution in [0, 0.1) is 17.7 Å². The van der Waals surface area contributed by atoms with E-state index < -0.39 is 41.6 Å². The molecule has 2 aromatic rings. The van der Waals surface area contributed by atoms with Crippen LogP contribution in [0.15, 0.2) is 59.6 Å². The fraction of sp³-hybridized carbons (Fsp3) is 0.481. The molecular formula is C27H31F3N4O. The summed E-state index contributed by atoms with van der Waals surface area (Å²) < 4.78 is 44.5. The highest BCUT2D eigenvalue weighted by Crippen LogP contribution is 2.51. The summed E-state index contributed by atoms with van der Waals surface area (Å²) in [6, 6.07) is 14.9. The van der Waals surface area contributed by atoms with Gasteiger partial charge in [-0.25, -0.2) is 18.0 Å². The summed E-state index contributed by atoms with van der Waals surface area (Å²) in [5.41, 5.74) is 6.79. The maximum absolute atomic E-state index is 15.6. The van der Waals surface area contributed by atoms with Gasteiger partial charge in [-0.1, -0.05) is 42.8 Å². The number of carbonyl (C=O) groups is 1. The number of halogens is 3. The van der Waals surface area contributed by atoms with Crippen LogP contribution in [0.1, 0.15) is 38.2 Å². The summed E-state index contributed by atoms with van der Waals surface area (Å²) in [6.07, 6.45) is -1.57. The van der Waals surface area contributed by atoms with Crippen LogP contribution < -0.4 is 10.6 Å². The van der Waals surface area contributed by atoms with Gasteiger partial charge in [0.2, 0.25) is 0 Å². The zero-order chi connectivity index (χ0) is 24.7. The Hall–Kier alpha value is -2.87. The molecule has 186 valence electrons. The highest BCUT2D eigenvalue weighted by molar-refractivity contribution is 6.15. The Morgan fingerprint density at radius 3 is 2.63 bits per heavy atom. The Balaban J connectivity index is 1.60. The fourth-order valence-electron chi connectivity index (χ4n) is 6.63. The van der Waals surface area contributed by atoms with E-state index in [4.69, 9.17) is 5.73 Å². The Bertz CT molecular complexity index is 1110. The Labute approximate surface area is 203 Å². The number of amidine groups is 1. The van der Waals surface area contributed by atoms with Crippen molar-refractivity contribution in [1.29, 1.82) is 0 Å². The molecule has 6 atom stereocenters. The van der Waals surface area contributed by atoms with Crippen molar-refractivity contribution in [1.82, 2.24) is 4.90 Å². The number of rotatable bonds is 4. The second-order valence-corrected chi connectivity index (χ2v) is 10.0. The molecule has 2 heterocycles. The molecule has 1 aliphatic carbocycles. The predicted molar refractivity (Wildman–Crippen MR) is 130 cm³/mol. The number of carbonyl (C=O) groups excluding carboxylic acids is 1. The molecule has 3 aliphatic rings. The van der Waals surface area contributed by atoms with Gasteiger partial charge in [0, 0.05) is 30.7 Å². The van der Waals surface area contributed by atoms with Crippen LogP contribution in [-0.2, 0) is 6.54 Å². The number of alkyl halides is 2. The molecule has 8 heteroatoms. The van der Waals surface area contributed by atoms with Crippen LogP contribution >= 0.6 is 0 Å². The number of aliphatic imine (C=N–C) groups is 1. The van der Waals surface area contributed by atoms with Crippen molar-refractivity contribution in [3.63, 3.8) is 0 Å². The maximum atomic E-state index is 15.6. The molecule has 5 nitrogen and oxygen atoms in total. The molecule has 5 rings (SSSR count). The molecule has 2 amide bonds. The van der Waals surface area contributed by atoms with Gasteiger partial charge < -0.3 is 5.73 Å². The molecule has 4 unspecified atom stereocenters. The molecule has 2 fully saturated rings. The summed E-state index contributed by atoms with van der Waals surface area (Å²) in [5.74, 6) is -1.56. The monoisotopic (exact) mass is 484 g/mol. The molecular weight excluding hydrogens is 453 g/mol. The van der Waals surface area contributed by atoms with Gasteiger partial charge in [-0.05, 0) is 55.9 Å². The number of piperidine rings is 1. The summed E-state index contributed by atoms with van der Waals surface area (Å²) in [7, 11) is 0. The van der Waals surface area contributed by atoms with Gasteiger partial charge in [0.05, 0.1) is 0 Å². The molecule has 35 heavy (non-hydrogen) atoms. The van der Waals surface area contributed by atoms with Gasteiger partial charge in [0.25, 0.3) is 0 Å². The van der Waals surface area contributed by atoms with E-state index in [1.54, 1.807) is 6.07 Å². The van der Waals surface area contributed by atoms with E-state index in [1.807, 2.05) is 37.3 Å². The van der Waals surface area contributed by atoms with Gasteiger partial charge in [0.15, 0.2) is 0 Å². The summed E-state index contributed by atoms with van der Waals surface area (Å²) in [4.78, 5) is 21.0. The quantitative estimate of drug-likeness (QED) is 0.645. The minimum absolute atomic E-state index is 0.108. The first kappa shape index (κ1) is 23.9. The van der Waals surface area contributed by atoms with Crippen LogP contribution in [0.2, 0.25) is 0 Å². The SMILES string of the molecule is C[C@@H]1C(C2CCCC(F)C2F)[C@@]2(CCN1Cc1ccccc1)C(N)=NC(=O)N2c1cccc(F)c1. The van der Waals surface area contributed by atoms with Crippen LogP contribution in [0.4, 0.5) is 23.7 Å². The second kappa shape index (κ2) is 9.30. The number of benzene rings is 2. The lowest BCUT2D eigenvalue weighted by Gasteiger charge is -2.56. The Morgan fingerprint density at radius 1 is 1.11 bits per heavy atom. The minimum atomic E-state index is -1.66. The summed E-state index contributed by atoms with van der Waals surface area (Å²) in [6.45, 7) is 3.22. The number of hydrogen-bond acceptors (Lipinski definition) is 3. The highest BCUT2D eigenvalue weighted by Gasteiger charge is 2.62. The molecule has 1 saturated carbocycles. The number of amides is 2. The van der Waals surface area contributed by atoms with Gasteiger partial charge >= 0.3 is 6.03 Å². The fourth-order valence-corrected chi connectivity index (χ4v) is 6.63. The lowest BCUT2D eigenvalue weighted by atomic mass is 9.62. The first-order valence-electron chi connectivity index (χ1n) is 12.3. The zero-order valence-electron chi connectivity index (χ0n) is 19.8. The topological polar surface area (TPSA) is 61.9 Å². The smallest absolute Gasteiger partial charge is 0.350 e. The molecule has 2 N–H and O–H groups in total. The second-order valence-electron chi connectivity index (χ2n) is 10.0. The van der Waals surface area contributed by atoms with E-state index in [-0.39, 0.29) is 18.3 Å². The third kappa shape index (κ3) is 4.01. The van der Waals surface area contributed by atoms with Crippen LogP contribution in [0.5, 0.6) is 0 Å². The van der Waals surface area contributed by atoms with E-state index in [0.29, 0.717) is 38.0 Å². The van der Waals surface area contributed by atoms with Crippen molar-refractivity contribution in [2.24, 2.45) is 22.6 Å². The van der Waals surface area contributed by atoms with Crippen LogP contribution in [0.3, 0.4) is 0 Å². The number of likely N-dealkylation sites (tertiary alicyclic amines) is 1. The number of urea groups is 1. The van der Waals surface area contributed by atoms with Gasteiger partial charge in [-0.15, -0.1) is 0 Å². The molecule has 1 spiro atoms. The Morgan fingerprint density at radius 2 is 1.89 bits per heavy atom. The van der Waals surface area contributed by atoms with Crippen molar-refractivity contribution >= 4 is 17.6 Å². The van der Waals surface area contributed by atoms with Crippen molar-refractivity contribution in [2.75, 3.05) is 11.4 Å². The first-order valence-corrected chi connectivity index (χ1v) is 12.3. The third-order valence-corrected chi connectivity index (χ3v) is 8.21. The number of hydrogen-bond donors (Lipinski definition) is 1. The lowest BCUT2D eigenvalue weighted by molar-refractivity contribution is -0.0355. The number of anilines is 1. The van der Waals surface area contributed by atoms with Crippen molar-refractivity contribution in [2.45, 2.75) is 63.1 Å². The Kier molecular flexibility index (Phi) is 6.34. The molecule has 2 aliphatic heterocycles. The van der Waals surface area contributed by atoms with Crippen LogP contribution in [0.25, 0.3) is 0 Å². The maximum Gasteiger partial charge on any atom is 0.350 e. The van der Waals surface area contributed by atoms with Gasteiger partial charge in [-0.3, -0.25) is 9.80 Å². The minimum Gasteiger partial charge on any atom is -0.385 e. The van der Waals surface area contributed by atoms with Crippen molar-refractivity contribution in [3.05, 3.63) is 66.0 Å². The molecule has 1 saturated heterocycles. The van der Waals surface area contributed by atoms with E-state index >= 15 is 4.39 Å². The standard InChI is InChI=1S/C27H31F3N4O/c1-17-23(21-11-6-12-22(29)24(21)30)27(13-14-33(17)16-18-7-3-2-4-8-18)25(31)32-26(35)34(27)20-10-5-9-19(28)15-20/h2-5,7-10,15,17,21-24H,6,11-14,16H2,1H3,(H2,31,32,35)/t17-,21?,22?,23?,24?,27+/m1/s1. The third-order valence-electron chi connectivity index (χ3n) is 8.21. The largest absolute Gasteiger partial charge is 0.385 e. The highest BCUT2D eigenvalue weighted by atomic mass is 19.2. The van der Waals surface area contributed by atoms with Crippen molar-refractivity contribution < 1.29 is 18.0 Å². The molecule has 0 aromatic heterocycles. The van der Waals surface area contributed by atoms with Gasteiger partial charge in [0.1, 0.15) is 29.5 Å². The predicted octanol–water partition coefficient (Wildman–Crippen LogP) is 5.25. The average Bonchev–Trinajstić information content (AvgIpc) is 3.08. The van der Waals surface area contributed by atoms with E-state index in [9.17, 15) is 13.6 Å².